The molecule has 0 fully saturated rings. The highest BCUT2D eigenvalue weighted by molar-refractivity contribution is 9.10. The molecule has 2 rings (SSSR count). The summed E-state index contributed by atoms with van der Waals surface area (Å²) in [5.41, 5.74) is 7.78. The van der Waals surface area contributed by atoms with Gasteiger partial charge < -0.3 is 5.73 Å². The fourth-order valence-corrected chi connectivity index (χ4v) is 3.25. The van der Waals surface area contributed by atoms with E-state index >= 15 is 0 Å². The Hall–Kier alpha value is -0.640. The summed E-state index contributed by atoms with van der Waals surface area (Å²) >= 11 is 11.3. The second-order valence-electron chi connectivity index (χ2n) is 3.54. The van der Waals surface area contributed by atoms with E-state index in [-0.39, 0.29) is 0 Å². The molecular formula is C13H11BrClNS. The molecule has 0 saturated carbocycles. The topological polar surface area (TPSA) is 26.0 Å². The third kappa shape index (κ3) is 3.18. The highest BCUT2D eigenvalue weighted by Gasteiger charge is 2.05. The van der Waals surface area contributed by atoms with Gasteiger partial charge in [-0.15, -0.1) is 11.8 Å². The van der Waals surface area contributed by atoms with Gasteiger partial charge in [-0.1, -0.05) is 35.9 Å². The van der Waals surface area contributed by atoms with E-state index in [0.29, 0.717) is 0 Å². The number of hydrogen-bond donors (Lipinski definition) is 1. The largest absolute Gasteiger partial charge is 0.398 e. The summed E-state index contributed by atoms with van der Waals surface area (Å²) in [5.74, 6) is 0.843. The zero-order chi connectivity index (χ0) is 12.3. The van der Waals surface area contributed by atoms with Gasteiger partial charge >= 0.3 is 0 Å². The predicted octanol–water partition coefficient (Wildman–Crippen LogP) is 4.98. The van der Waals surface area contributed by atoms with Crippen molar-refractivity contribution in [2.75, 3.05) is 5.73 Å². The molecule has 0 atom stereocenters. The molecule has 0 radical (unpaired) electrons. The van der Waals surface area contributed by atoms with Gasteiger partial charge in [0, 0.05) is 20.8 Å². The minimum Gasteiger partial charge on any atom is -0.398 e. The molecule has 0 aliphatic heterocycles. The third-order valence-electron chi connectivity index (χ3n) is 2.33. The van der Waals surface area contributed by atoms with Crippen LogP contribution in [0, 0.1) is 0 Å². The van der Waals surface area contributed by atoms with Crippen LogP contribution >= 0.6 is 39.3 Å². The zero-order valence-corrected chi connectivity index (χ0v) is 12.1. The van der Waals surface area contributed by atoms with Crippen LogP contribution in [-0.4, -0.2) is 0 Å². The van der Waals surface area contributed by atoms with Crippen molar-refractivity contribution in [2.24, 2.45) is 0 Å². The fraction of sp³-hybridized carbons (Fsp3) is 0.0769. The molecule has 17 heavy (non-hydrogen) atoms. The number of halogens is 2. The van der Waals surface area contributed by atoms with Crippen molar-refractivity contribution in [1.82, 2.24) is 0 Å². The molecule has 2 aromatic carbocycles. The molecule has 2 N–H and O–H groups in total. The van der Waals surface area contributed by atoms with Gasteiger partial charge in [-0.05, 0) is 39.7 Å². The molecule has 4 heteroatoms. The highest BCUT2D eigenvalue weighted by Crippen LogP contribution is 2.33. The van der Waals surface area contributed by atoms with E-state index in [9.17, 15) is 0 Å². The summed E-state index contributed by atoms with van der Waals surface area (Å²) in [6.45, 7) is 0. The van der Waals surface area contributed by atoms with E-state index in [1.807, 2.05) is 36.4 Å². The fourth-order valence-electron chi connectivity index (χ4n) is 1.43. The number of benzene rings is 2. The van der Waals surface area contributed by atoms with Gasteiger partial charge in [-0.3, -0.25) is 0 Å². The summed E-state index contributed by atoms with van der Waals surface area (Å²) in [6, 6.07) is 13.7. The molecule has 0 saturated heterocycles. The monoisotopic (exact) mass is 327 g/mol. The van der Waals surface area contributed by atoms with Crippen LogP contribution in [0.5, 0.6) is 0 Å². The Kier molecular flexibility index (Phi) is 4.37. The lowest BCUT2D eigenvalue weighted by Crippen LogP contribution is -1.90. The van der Waals surface area contributed by atoms with Gasteiger partial charge in [-0.2, -0.15) is 0 Å². The average Bonchev–Trinajstić information content (AvgIpc) is 2.33. The van der Waals surface area contributed by atoms with Crippen LogP contribution in [0.4, 0.5) is 5.69 Å². The smallest absolute Gasteiger partial charge is 0.0541 e. The van der Waals surface area contributed by atoms with Crippen LogP contribution in [0.3, 0.4) is 0 Å². The predicted molar refractivity (Wildman–Crippen MR) is 79.6 cm³/mol. The number of thioether (sulfide) groups is 1. The van der Waals surface area contributed by atoms with Gasteiger partial charge in [0.2, 0.25) is 0 Å². The molecule has 0 heterocycles. The second-order valence-corrected chi connectivity index (χ2v) is 5.76. The Bertz CT molecular complexity index is 531. The number of hydrogen-bond acceptors (Lipinski definition) is 2. The Morgan fingerprint density at radius 2 is 1.88 bits per heavy atom. The van der Waals surface area contributed by atoms with E-state index in [0.717, 1.165) is 25.8 Å². The normalized spacial score (nSPS) is 10.5. The van der Waals surface area contributed by atoms with Gasteiger partial charge in [0.15, 0.2) is 0 Å². The second kappa shape index (κ2) is 5.80. The van der Waals surface area contributed by atoms with Crippen molar-refractivity contribution in [3.8, 4) is 0 Å². The van der Waals surface area contributed by atoms with Crippen LogP contribution < -0.4 is 5.73 Å². The lowest BCUT2D eigenvalue weighted by Gasteiger charge is -2.07. The van der Waals surface area contributed by atoms with Gasteiger partial charge in [0.1, 0.15) is 0 Å². The summed E-state index contributed by atoms with van der Waals surface area (Å²) in [7, 11) is 0. The average molecular weight is 329 g/mol. The van der Waals surface area contributed by atoms with E-state index in [1.54, 1.807) is 11.8 Å². The maximum atomic E-state index is 6.10. The molecule has 0 spiro atoms. The molecule has 0 aliphatic rings. The van der Waals surface area contributed by atoms with Crippen LogP contribution in [0.15, 0.2) is 51.8 Å². The maximum Gasteiger partial charge on any atom is 0.0541 e. The molecule has 0 amide bonds. The van der Waals surface area contributed by atoms with E-state index in [2.05, 4.69) is 22.0 Å². The molecule has 2 aromatic rings. The Morgan fingerprint density at radius 1 is 1.12 bits per heavy atom. The Morgan fingerprint density at radius 3 is 2.65 bits per heavy atom. The molecule has 1 nitrogen and oxygen atoms in total. The third-order valence-corrected chi connectivity index (χ3v) is 4.86. The Balaban J connectivity index is 2.13. The standard InChI is InChI=1S/C13H11BrClNS/c14-13-9(4-3-6-11(13)16)8-17-12-7-2-1-5-10(12)15/h1-7H,8,16H2. The quantitative estimate of drug-likeness (QED) is 0.635. The molecule has 88 valence electrons. The SMILES string of the molecule is Nc1cccc(CSc2ccccc2Cl)c1Br. The van der Waals surface area contributed by atoms with Crippen LogP contribution in [0.1, 0.15) is 5.56 Å². The first-order chi connectivity index (χ1) is 8.18. The first kappa shape index (κ1) is 12.8. The summed E-state index contributed by atoms with van der Waals surface area (Å²) in [6.07, 6.45) is 0. The van der Waals surface area contributed by atoms with Crippen LogP contribution in [0.2, 0.25) is 5.02 Å². The van der Waals surface area contributed by atoms with Crippen molar-refractivity contribution >= 4 is 45.0 Å². The van der Waals surface area contributed by atoms with Gasteiger partial charge in [0.25, 0.3) is 0 Å². The summed E-state index contributed by atoms with van der Waals surface area (Å²) < 4.78 is 0.972. The number of nitrogens with two attached hydrogens (primary N) is 1. The van der Waals surface area contributed by atoms with Crippen LogP contribution in [0.25, 0.3) is 0 Å². The van der Waals surface area contributed by atoms with Crippen molar-refractivity contribution in [3.63, 3.8) is 0 Å². The Labute approximate surface area is 118 Å². The first-order valence-corrected chi connectivity index (χ1v) is 7.24. The zero-order valence-electron chi connectivity index (χ0n) is 8.99. The van der Waals surface area contributed by atoms with Crippen molar-refractivity contribution in [1.29, 1.82) is 0 Å². The minimum atomic E-state index is 0.766. The van der Waals surface area contributed by atoms with Crippen molar-refractivity contribution in [2.45, 2.75) is 10.6 Å². The van der Waals surface area contributed by atoms with Gasteiger partial charge in [-0.25, -0.2) is 0 Å². The van der Waals surface area contributed by atoms with E-state index in [1.165, 1.54) is 5.56 Å². The number of anilines is 1. The van der Waals surface area contributed by atoms with Crippen molar-refractivity contribution in [3.05, 3.63) is 57.5 Å². The molecule has 0 unspecified atom stereocenters. The lowest BCUT2D eigenvalue weighted by atomic mass is 10.2. The minimum absolute atomic E-state index is 0.766. The number of nitrogen functional groups attached to an aromatic ring is 1. The van der Waals surface area contributed by atoms with Crippen molar-refractivity contribution < 1.29 is 0 Å². The number of rotatable bonds is 3. The lowest BCUT2D eigenvalue weighted by molar-refractivity contribution is 1.36. The van der Waals surface area contributed by atoms with E-state index < -0.39 is 0 Å². The molecular weight excluding hydrogens is 318 g/mol. The van der Waals surface area contributed by atoms with Crippen LogP contribution in [-0.2, 0) is 5.75 Å². The first-order valence-electron chi connectivity index (χ1n) is 5.08. The summed E-state index contributed by atoms with van der Waals surface area (Å²) in [5, 5.41) is 0.789. The van der Waals surface area contributed by atoms with Gasteiger partial charge in [0.05, 0.1) is 5.02 Å². The highest BCUT2D eigenvalue weighted by atomic mass is 79.9. The van der Waals surface area contributed by atoms with E-state index in [4.69, 9.17) is 17.3 Å². The molecule has 0 bridgehead atoms. The summed E-state index contributed by atoms with van der Waals surface area (Å²) in [4.78, 5) is 1.09. The maximum absolute atomic E-state index is 6.10. The molecule has 0 aromatic heterocycles. The molecule has 0 aliphatic carbocycles.